The Morgan fingerprint density at radius 1 is 0.957 bits per heavy atom. The molecule has 0 aliphatic heterocycles. The second-order valence-electron chi connectivity index (χ2n) is 5.25. The molecule has 0 saturated carbocycles. The number of carbonyl (C=O) groups is 2. The van der Waals surface area contributed by atoms with Crippen molar-refractivity contribution in [1.29, 1.82) is 0 Å². The summed E-state index contributed by atoms with van der Waals surface area (Å²) in [7, 11) is 0. The van der Waals surface area contributed by atoms with E-state index in [2.05, 4.69) is 10.6 Å². The maximum absolute atomic E-state index is 12.0. The molecule has 120 valence electrons. The van der Waals surface area contributed by atoms with Gasteiger partial charge in [0.05, 0.1) is 15.7 Å². The molecule has 6 heteroatoms. The minimum atomic E-state index is -0.462. The van der Waals surface area contributed by atoms with Gasteiger partial charge in [-0.15, -0.1) is 0 Å². The molecule has 2 aromatic rings. The highest BCUT2D eigenvalue weighted by molar-refractivity contribution is 6.44. The number of amides is 2. The van der Waals surface area contributed by atoms with E-state index in [1.54, 1.807) is 18.2 Å². The van der Waals surface area contributed by atoms with Gasteiger partial charge in [0.2, 0.25) is 11.8 Å². The molecule has 2 amide bonds. The number of aryl methyl sites for hydroxylation is 2. The summed E-state index contributed by atoms with van der Waals surface area (Å²) in [5.74, 6) is -0.860. The summed E-state index contributed by atoms with van der Waals surface area (Å²) in [4.78, 5) is 23.9. The topological polar surface area (TPSA) is 58.2 Å². The van der Waals surface area contributed by atoms with Crippen LogP contribution in [0.5, 0.6) is 0 Å². The van der Waals surface area contributed by atoms with Crippen molar-refractivity contribution in [3.05, 3.63) is 57.6 Å². The molecule has 0 aromatic heterocycles. The van der Waals surface area contributed by atoms with E-state index in [0.29, 0.717) is 16.4 Å². The van der Waals surface area contributed by atoms with Crippen molar-refractivity contribution >= 4 is 46.4 Å². The summed E-state index contributed by atoms with van der Waals surface area (Å²) in [6.07, 6.45) is -0.310. The summed E-state index contributed by atoms with van der Waals surface area (Å²) in [6, 6.07) is 10.6. The first kappa shape index (κ1) is 17.3. The molecule has 0 heterocycles. The standard InChI is InChI=1S/C17H16Cl2N2O2/c1-10-6-11(2)8-12(7-10)20-15(22)9-16(23)21-14-5-3-4-13(18)17(14)19/h3-8H,9H2,1-2H3,(H,20,22)(H,21,23). The van der Waals surface area contributed by atoms with Gasteiger partial charge >= 0.3 is 0 Å². The summed E-state index contributed by atoms with van der Waals surface area (Å²) in [5.41, 5.74) is 3.12. The third kappa shape index (κ3) is 4.98. The van der Waals surface area contributed by atoms with E-state index in [4.69, 9.17) is 23.2 Å². The molecule has 0 aliphatic carbocycles. The van der Waals surface area contributed by atoms with Gasteiger partial charge in [-0.1, -0.05) is 35.3 Å². The van der Waals surface area contributed by atoms with Gasteiger partial charge in [-0.2, -0.15) is 0 Å². The average Bonchev–Trinajstić information content (AvgIpc) is 2.42. The number of hydrogen-bond acceptors (Lipinski definition) is 2. The van der Waals surface area contributed by atoms with Crippen molar-refractivity contribution < 1.29 is 9.59 Å². The van der Waals surface area contributed by atoms with Gasteiger partial charge in [0.25, 0.3) is 0 Å². The summed E-state index contributed by atoms with van der Waals surface area (Å²) < 4.78 is 0. The fourth-order valence-electron chi connectivity index (χ4n) is 2.19. The number of carbonyl (C=O) groups excluding carboxylic acids is 2. The first-order chi connectivity index (χ1) is 10.8. The van der Waals surface area contributed by atoms with Crippen LogP contribution in [-0.4, -0.2) is 11.8 Å². The van der Waals surface area contributed by atoms with Gasteiger partial charge in [0.1, 0.15) is 6.42 Å². The molecule has 0 aliphatic rings. The molecule has 0 radical (unpaired) electrons. The van der Waals surface area contributed by atoms with E-state index in [0.717, 1.165) is 11.1 Å². The molecule has 23 heavy (non-hydrogen) atoms. The van der Waals surface area contributed by atoms with Gasteiger partial charge in [-0.3, -0.25) is 9.59 Å². The highest BCUT2D eigenvalue weighted by atomic mass is 35.5. The van der Waals surface area contributed by atoms with Crippen molar-refractivity contribution in [2.75, 3.05) is 10.6 Å². The molecule has 0 fully saturated rings. The molecule has 0 atom stereocenters. The number of halogens is 2. The Morgan fingerprint density at radius 2 is 1.57 bits per heavy atom. The molecule has 0 unspecified atom stereocenters. The summed E-state index contributed by atoms with van der Waals surface area (Å²) in [5, 5.41) is 5.87. The SMILES string of the molecule is Cc1cc(C)cc(NC(=O)CC(=O)Nc2cccc(Cl)c2Cl)c1. The van der Waals surface area contributed by atoms with E-state index in [1.807, 2.05) is 32.0 Å². The number of rotatable bonds is 4. The maximum Gasteiger partial charge on any atom is 0.233 e. The first-order valence-electron chi connectivity index (χ1n) is 6.97. The van der Waals surface area contributed by atoms with Crippen LogP contribution in [0.15, 0.2) is 36.4 Å². The molecular formula is C17H16Cl2N2O2. The van der Waals surface area contributed by atoms with Crippen LogP contribution in [0.4, 0.5) is 11.4 Å². The fourth-order valence-corrected chi connectivity index (χ4v) is 2.54. The zero-order chi connectivity index (χ0) is 17.0. The predicted octanol–water partition coefficient (Wildman–Crippen LogP) is 4.58. The quantitative estimate of drug-likeness (QED) is 0.793. The average molecular weight is 351 g/mol. The monoisotopic (exact) mass is 350 g/mol. The largest absolute Gasteiger partial charge is 0.326 e. The Morgan fingerprint density at radius 3 is 2.22 bits per heavy atom. The number of hydrogen-bond donors (Lipinski definition) is 2. The second kappa shape index (κ2) is 7.49. The second-order valence-corrected chi connectivity index (χ2v) is 6.04. The normalized spacial score (nSPS) is 10.3. The van der Waals surface area contributed by atoms with E-state index in [1.165, 1.54) is 0 Å². The van der Waals surface area contributed by atoms with Gasteiger partial charge in [0, 0.05) is 5.69 Å². The molecule has 0 spiro atoms. The van der Waals surface area contributed by atoms with Crippen LogP contribution in [0, 0.1) is 13.8 Å². The first-order valence-corrected chi connectivity index (χ1v) is 7.73. The molecule has 2 N–H and O–H groups in total. The minimum absolute atomic E-state index is 0.247. The van der Waals surface area contributed by atoms with Crippen LogP contribution >= 0.6 is 23.2 Å². The van der Waals surface area contributed by atoms with Gasteiger partial charge in [-0.05, 0) is 49.2 Å². The summed E-state index contributed by atoms with van der Waals surface area (Å²) >= 11 is 11.9. The lowest BCUT2D eigenvalue weighted by Crippen LogP contribution is -2.21. The van der Waals surface area contributed by atoms with Crippen LogP contribution in [0.1, 0.15) is 17.5 Å². The van der Waals surface area contributed by atoms with Crippen molar-refractivity contribution in [1.82, 2.24) is 0 Å². The number of benzene rings is 2. The summed E-state index contributed by atoms with van der Waals surface area (Å²) in [6.45, 7) is 3.88. The fraction of sp³-hybridized carbons (Fsp3) is 0.176. The Kier molecular flexibility index (Phi) is 5.64. The molecule has 0 saturated heterocycles. The van der Waals surface area contributed by atoms with Gasteiger partial charge < -0.3 is 10.6 Å². The highest BCUT2D eigenvalue weighted by Gasteiger charge is 2.13. The lowest BCUT2D eigenvalue weighted by atomic mass is 10.1. The maximum atomic E-state index is 12.0. The van der Waals surface area contributed by atoms with Crippen molar-refractivity contribution in [3.8, 4) is 0 Å². The zero-order valence-electron chi connectivity index (χ0n) is 12.7. The lowest BCUT2D eigenvalue weighted by molar-refractivity contribution is -0.123. The smallest absolute Gasteiger partial charge is 0.233 e. The van der Waals surface area contributed by atoms with Crippen molar-refractivity contribution in [2.45, 2.75) is 20.3 Å². The molecular weight excluding hydrogens is 335 g/mol. The van der Waals surface area contributed by atoms with Gasteiger partial charge in [-0.25, -0.2) is 0 Å². The Hall–Kier alpha value is -2.04. The van der Waals surface area contributed by atoms with E-state index in [-0.39, 0.29) is 11.4 Å². The molecule has 2 aromatic carbocycles. The van der Waals surface area contributed by atoms with Crippen LogP contribution in [0.3, 0.4) is 0 Å². The number of nitrogens with one attached hydrogen (secondary N) is 2. The van der Waals surface area contributed by atoms with Crippen LogP contribution < -0.4 is 10.6 Å². The van der Waals surface area contributed by atoms with E-state index < -0.39 is 11.8 Å². The molecule has 0 bridgehead atoms. The third-order valence-corrected chi connectivity index (χ3v) is 3.87. The van der Waals surface area contributed by atoms with Gasteiger partial charge in [0.15, 0.2) is 0 Å². The lowest BCUT2D eigenvalue weighted by Gasteiger charge is -2.09. The predicted molar refractivity (Wildman–Crippen MR) is 94.3 cm³/mol. The Balaban J connectivity index is 1.97. The highest BCUT2D eigenvalue weighted by Crippen LogP contribution is 2.29. The van der Waals surface area contributed by atoms with Crippen LogP contribution in [0.2, 0.25) is 10.0 Å². The van der Waals surface area contributed by atoms with Crippen LogP contribution in [-0.2, 0) is 9.59 Å². The van der Waals surface area contributed by atoms with E-state index in [9.17, 15) is 9.59 Å². The van der Waals surface area contributed by atoms with Crippen molar-refractivity contribution in [3.63, 3.8) is 0 Å². The third-order valence-electron chi connectivity index (χ3n) is 3.05. The minimum Gasteiger partial charge on any atom is -0.326 e. The Bertz CT molecular complexity index is 740. The Labute approximate surface area is 144 Å². The van der Waals surface area contributed by atoms with E-state index >= 15 is 0 Å². The molecule has 4 nitrogen and oxygen atoms in total. The zero-order valence-corrected chi connectivity index (χ0v) is 14.3. The van der Waals surface area contributed by atoms with Crippen LogP contribution in [0.25, 0.3) is 0 Å². The molecule has 2 rings (SSSR count). The van der Waals surface area contributed by atoms with Crippen molar-refractivity contribution in [2.24, 2.45) is 0 Å². The number of anilines is 2.